The molecule has 2 rings (SSSR count). The maximum Gasteiger partial charge on any atom is 0.256 e. The second-order valence-corrected chi connectivity index (χ2v) is 3.63. The van der Waals surface area contributed by atoms with Gasteiger partial charge in [-0.25, -0.2) is 9.37 Å². The van der Waals surface area contributed by atoms with Crippen LogP contribution in [-0.4, -0.2) is 10.9 Å². The Hall–Kier alpha value is -2.23. The van der Waals surface area contributed by atoms with Gasteiger partial charge in [-0.15, -0.1) is 0 Å². The van der Waals surface area contributed by atoms with Crippen molar-refractivity contribution in [1.82, 2.24) is 4.98 Å². The molecule has 0 atom stereocenters. The Morgan fingerprint density at radius 1 is 1.18 bits per heavy atom. The molecular formula is C13H11FN2O. The molecule has 0 aliphatic carbocycles. The lowest BCUT2D eigenvalue weighted by Crippen LogP contribution is -2.13. The van der Waals surface area contributed by atoms with Crippen LogP contribution >= 0.6 is 0 Å². The number of amides is 1. The van der Waals surface area contributed by atoms with E-state index in [1.54, 1.807) is 6.07 Å². The summed E-state index contributed by atoms with van der Waals surface area (Å²) in [5.74, 6) is -0.183. The first-order chi connectivity index (χ1) is 8.15. The average Bonchev–Trinajstić information content (AvgIpc) is 2.29. The van der Waals surface area contributed by atoms with Gasteiger partial charge in [0.2, 0.25) is 0 Å². The third-order valence-corrected chi connectivity index (χ3v) is 2.24. The molecule has 0 bridgehead atoms. The summed E-state index contributed by atoms with van der Waals surface area (Å²) in [6.07, 6.45) is 0. The van der Waals surface area contributed by atoms with E-state index in [9.17, 15) is 9.18 Å². The quantitative estimate of drug-likeness (QED) is 0.861. The fourth-order valence-corrected chi connectivity index (χ4v) is 1.40. The van der Waals surface area contributed by atoms with Crippen molar-refractivity contribution in [3.05, 3.63) is 59.5 Å². The van der Waals surface area contributed by atoms with Gasteiger partial charge in [-0.05, 0) is 43.3 Å². The van der Waals surface area contributed by atoms with Crippen molar-refractivity contribution in [2.24, 2.45) is 0 Å². The molecule has 0 spiro atoms. The van der Waals surface area contributed by atoms with Crippen molar-refractivity contribution in [3.8, 4) is 0 Å². The Morgan fingerprint density at radius 2 is 1.88 bits per heavy atom. The lowest BCUT2D eigenvalue weighted by atomic mass is 10.2. The summed E-state index contributed by atoms with van der Waals surface area (Å²) >= 11 is 0. The molecule has 1 N–H and O–H groups in total. The summed E-state index contributed by atoms with van der Waals surface area (Å²) < 4.78 is 12.7. The molecule has 0 unspecified atom stereocenters. The Kier molecular flexibility index (Phi) is 3.14. The van der Waals surface area contributed by atoms with E-state index in [1.165, 1.54) is 24.3 Å². The zero-order valence-electron chi connectivity index (χ0n) is 9.27. The van der Waals surface area contributed by atoms with Crippen LogP contribution in [0, 0.1) is 12.7 Å². The van der Waals surface area contributed by atoms with Gasteiger partial charge in [0.05, 0.1) is 0 Å². The molecule has 1 aromatic heterocycles. The number of benzene rings is 1. The fraction of sp³-hybridized carbons (Fsp3) is 0.0769. The highest BCUT2D eigenvalue weighted by Gasteiger charge is 2.06. The number of hydrogen-bond acceptors (Lipinski definition) is 2. The van der Waals surface area contributed by atoms with E-state index in [1.807, 2.05) is 19.1 Å². The minimum Gasteiger partial charge on any atom is -0.307 e. The van der Waals surface area contributed by atoms with E-state index in [2.05, 4.69) is 10.3 Å². The van der Waals surface area contributed by atoms with Crippen LogP contribution in [0.25, 0.3) is 0 Å². The summed E-state index contributed by atoms with van der Waals surface area (Å²) in [5, 5.41) is 2.65. The number of nitrogens with zero attached hydrogens (tertiary/aromatic N) is 1. The highest BCUT2D eigenvalue weighted by Crippen LogP contribution is 2.08. The number of nitrogens with one attached hydrogen (secondary N) is 1. The predicted octanol–water partition coefficient (Wildman–Crippen LogP) is 2.78. The summed E-state index contributed by atoms with van der Waals surface area (Å²) in [6, 6.07) is 10.7. The Balaban J connectivity index is 2.14. The van der Waals surface area contributed by atoms with Crippen molar-refractivity contribution < 1.29 is 9.18 Å². The van der Waals surface area contributed by atoms with Crippen LogP contribution in [0.15, 0.2) is 42.5 Å². The second-order valence-electron chi connectivity index (χ2n) is 3.63. The van der Waals surface area contributed by atoms with E-state index in [4.69, 9.17) is 0 Å². The summed E-state index contributed by atoms with van der Waals surface area (Å²) in [5.41, 5.74) is 1.22. The molecule has 4 heteroatoms. The van der Waals surface area contributed by atoms with Gasteiger partial charge in [-0.1, -0.05) is 6.07 Å². The van der Waals surface area contributed by atoms with E-state index in [0.717, 1.165) is 5.69 Å². The summed E-state index contributed by atoms with van der Waals surface area (Å²) in [7, 11) is 0. The summed E-state index contributed by atoms with van der Waals surface area (Å²) in [6.45, 7) is 1.84. The van der Waals surface area contributed by atoms with E-state index in [-0.39, 0.29) is 11.7 Å². The molecule has 0 aliphatic heterocycles. The van der Waals surface area contributed by atoms with E-state index < -0.39 is 0 Å². The molecule has 0 aliphatic rings. The number of aromatic nitrogens is 1. The SMILES string of the molecule is Cc1cccc(NC(=O)c2ccc(F)cc2)n1. The van der Waals surface area contributed by atoms with Gasteiger partial charge >= 0.3 is 0 Å². The van der Waals surface area contributed by atoms with Crippen molar-refractivity contribution in [1.29, 1.82) is 0 Å². The van der Waals surface area contributed by atoms with Crippen molar-refractivity contribution in [2.45, 2.75) is 6.92 Å². The Morgan fingerprint density at radius 3 is 2.53 bits per heavy atom. The number of carbonyl (C=O) groups is 1. The monoisotopic (exact) mass is 230 g/mol. The van der Waals surface area contributed by atoms with Gasteiger partial charge in [0.1, 0.15) is 11.6 Å². The second kappa shape index (κ2) is 4.74. The largest absolute Gasteiger partial charge is 0.307 e. The molecule has 0 fully saturated rings. The lowest BCUT2D eigenvalue weighted by molar-refractivity contribution is 0.102. The van der Waals surface area contributed by atoms with Crippen LogP contribution in [0.2, 0.25) is 0 Å². The number of halogens is 1. The standard InChI is InChI=1S/C13H11FN2O/c1-9-3-2-4-12(15-9)16-13(17)10-5-7-11(14)8-6-10/h2-8H,1H3,(H,15,16,17). The van der Waals surface area contributed by atoms with Gasteiger partial charge in [0.25, 0.3) is 5.91 Å². The number of hydrogen-bond donors (Lipinski definition) is 1. The van der Waals surface area contributed by atoms with Gasteiger partial charge in [0, 0.05) is 11.3 Å². The first kappa shape index (κ1) is 11.3. The highest BCUT2D eigenvalue weighted by atomic mass is 19.1. The molecule has 1 heterocycles. The molecule has 0 radical (unpaired) electrons. The first-order valence-corrected chi connectivity index (χ1v) is 5.16. The highest BCUT2D eigenvalue weighted by molar-refractivity contribution is 6.03. The van der Waals surface area contributed by atoms with Crippen LogP contribution in [-0.2, 0) is 0 Å². The van der Waals surface area contributed by atoms with Gasteiger partial charge in [-0.3, -0.25) is 4.79 Å². The third-order valence-electron chi connectivity index (χ3n) is 2.24. The maximum atomic E-state index is 12.7. The number of carbonyl (C=O) groups excluding carboxylic acids is 1. The summed E-state index contributed by atoms with van der Waals surface area (Å²) in [4.78, 5) is 15.9. The van der Waals surface area contributed by atoms with Crippen molar-refractivity contribution in [2.75, 3.05) is 5.32 Å². The molecular weight excluding hydrogens is 219 g/mol. The van der Waals surface area contributed by atoms with Gasteiger partial charge < -0.3 is 5.32 Å². The minimum atomic E-state index is -0.366. The van der Waals surface area contributed by atoms with Crippen molar-refractivity contribution >= 4 is 11.7 Å². The van der Waals surface area contributed by atoms with Crippen LogP contribution < -0.4 is 5.32 Å². The molecule has 0 saturated heterocycles. The molecule has 2 aromatic rings. The maximum absolute atomic E-state index is 12.7. The Bertz CT molecular complexity index is 537. The zero-order valence-corrected chi connectivity index (χ0v) is 9.27. The van der Waals surface area contributed by atoms with Crippen LogP contribution in [0.1, 0.15) is 16.1 Å². The molecule has 1 aromatic carbocycles. The molecule has 86 valence electrons. The molecule has 17 heavy (non-hydrogen) atoms. The number of aryl methyl sites for hydroxylation is 1. The van der Waals surface area contributed by atoms with E-state index in [0.29, 0.717) is 11.4 Å². The van der Waals surface area contributed by atoms with Crippen LogP contribution in [0.4, 0.5) is 10.2 Å². The lowest BCUT2D eigenvalue weighted by Gasteiger charge is -2.04. The van der Waals surface area contributed by atoms with E-state index >= 15 is 0 Å². The third kappa shape index (κ3) is 2.87. The smallest absolute Gasteiger partial charge is 0.256 e. The minimum absolute atomic E-state index is 0.303. The number of anilines is 1. The van der Waals surface area contributed by atoms with Gasteiger partial charge in [-0.2, -0.15) is 0 Å². The normalized spacial score (nSPS) is 10.0. The number of pyridine rings is 1. The molecule has 3 nitrogen and oxygen atoms in total. The number of rotatable bonds is 2. The van der Waals surface area contributed by atoms with Gasteiger partial charge in [0.15, 0.2) is 0 Å². The Labute approximate surface area is 98.3 Å². The topological polar surface area (TPSA) is 42.0 Å². The zero-order chi connectivity index (χ0) is 12.3. The van der Waals surface area contributed by atoms with Crippen molar-refractivity contribution in [3.63, 3.8) is 0 Å². The predicted molar refractivity (Wildman–Crippen MR) is 63.3 cm³/mol. The fourth-order valence-electron chi connectivity index (χ4n) is 1.40. The first-order valence-electron chi connectivity index (χ1n) is 5.16. The van der Waals surface area contributed by atoms with Crippen LogP contribution in [0.3, 0.4) is 0 Å². The van der Waals surface area contributed by atoms with Crippen LogP contribution in [0.5, 0.6) is 0 Å². The molecule has 0 saturated carbocycles. The average molecular weight is 230 g/mol. The molecule has 1 amide bonds.